The number of nitrogens with zero attached hydrogens (tertiary/aromatic N) is 2. The lowest BCUT2D eigenvalue weighted by atomic mass is 10.1. The van der Waals surface area contributed by atoms with Gasteiger partial charge in [0.05, 0.1) is 0 Å². The SMILES string of the molecule is CN(C)C(=O)C(C#N)=C(O)c1ccc(SCl)cc1. The van der Waals surface area contributed by atoms with Crippen molar-refractivity contribution in [2.45, 2.75) is 4.90 Å². The number of carbonyl (C=O) groups is 1. The van der Waals surface area contributed by atoms with Crippen molar-refractivity contribution >= 4 is 33.3 Å². The molecule has 6 heteroatoms. The molecule has 0 aliphatic rings. The Morgan fingerprint density at radius 2 is 1.94 bits per heavy atom. The maximum Gasteiger partial charge on any atom is 0.267 e. The van der Waals surface area contributed by atoms with Crippen molar-refractivity contribution in [1.82, 2.24) is 4.90 Å². The molecule has 1 aromatic carbocycles. The van der Waals surface area contributed by atoms with Crippen LogP contribution in [0.25, 0.3) is 5.76 Å². The topological polar surface area (TPSA) is 64.3 Å². The van der Waals surface area contributed by atoms with Crippen LogP contribution in [0.5, 0.6) is 0 Å². The number of amides is 1. The van der Waals surface area contributed by atoms with E-state index in [1.54, 1.807) is 30.3 Å². The second-order valence-corrected chi connectivity index (χ2v) is 4.73. The molecule has 1 aromatic rings. The first-order valence-corrected chi connectivity index (χ1v) is 6.59. The van der Waals surface area contributed by atoms with Crippen LogP contribution >= 0.6 is 21.7 Å². The molecule has 0 aromatic heterocycles. The molecule has 0 saturated carbocycles. The van der Waals surface area contributed by atoms with Gasteiger partial charge in [0, 0.05) is 24.6 Å². The van der Waals surface area contributed by atoms with Gasteiger partial charge in [0.2, 0.25) is 0 Å². The Morgan fingerprint density at radius 3 is 2.33 bits per heavy atom. The summed E-state index contributed by atoms with van der Waals surface area (Å²) in [5.74, 6) is -0.867. The molecule has 1 amide bonds. The molecule has 0 unspecified atom stereocenters. The van der Waals surface area contributed by atoms with Crippen molar-refractivity contribution in [2.75, 3.05) is 14.1 Å². The quantitative estimate of drug-likeness (QED) is 0.526. The number of hydrogen-bond donors (Lipinski definition) is 1. The van der Waals surface area contributed by atoms with Gasteiger partial charge >= 0.3 is 0 Å². The molecule has 4 nitrogen and oxygen atoms in total. The van der Waals surface area contributed by atoms with E-state index in [9.17, 15) is 9.90 Å². The molecule has 0 radical (unpaired) electrons. The van der Waals surface area contributed by atoms with Crippen molar-refractivity contribution in [3.63, 3.8) is 0 Å². The van der Waals surface area contributed by atoms with E-state index in [1.165, 1.54) is 19.0 Å². The van der Waals surface area contributed by atoms with Gasteiger partial charge in [0.15, 0.2) is 5.57 Å². The van der Waals surface area contributed by atoms with Crippen LogP contribution in [0.2, 0.25) is 0 Å². The fourth-order valence-corrected chi connectivity index (χ4v) is 1.78. The Morgan fingerprint density at radius 1 is 1.39 bits per heavy atom. The predicted molar refractivity (Wildman–Crippen MR) is 72.0 cm³/mol. The van der Waals surface area contributed by atoms with Crippen LogP contribution in [0.4, 0.5) is 0 Å². The van der Waals surface area contributed by atoms with Crippen molar-refractivity contribution in [3.8, 4) is 6.07 Å². The first-order chi connectivity index (χ1) is 8.51. The van der Waals surface area contributed by atoms with Crippen molar-refractivity contribution in [3.05, 3.63) is 35.4 Å². The number of halogens is 1. The molecule has 0 aliphatic carbocycles. The first-order valence-electron chi connectivity index (χ1n) is 4.95. The number of nitriles is 1. The van der Waals surface area contributed by atoms with Gasteiger partial charge in [-0.25, -0.2) is 0 Å². The van der Waals surface area contributed by atoms with Crippen LogP contribution in [-0.4, -0.2) is 30.0 Å². The van der Waals surface area contributed by atoms with Gasteiger partial charge in [-0.05, 0) is 33.8 Å². The average molecular weight is 283 g/mol. The summed E-state index contributed by atoms with van der Waals surface area (Å²) >= 11 is 0. The van der Waals surface area contributed by atoms with Gasteiger partial charge in [-0.15, -0.1) is 0 Å². The zero-order chi connectivity index (χ0) is 13.7. The summed E-state index contributed by atoms with van der Waals surface area (Å²) in [7, 11) is 9.65. The number of aliphatic hydroxyl groups excluding tert-OH is 1. The summed E-state index contributed by atoms with van der Waals surface area (Å²) in [4.78, 5) is 13.7. The minimum Gasteiger partial charge on any atom is -0.506 e. The Hall–Kier alpha value is -1.64. The van der Waals surface area contributed by atoms with Gasteiger partial charge in [0.25, 0.3) is 5.91 Å². The minimum absolute atomic E-state index is 0.286. The van der Waals surface area contributed by atoms with E-state index < -0.39 is 5.91 Å². The molecular formula is C12H11ClN2O2S. The molecular weight excluding hydrogens is 272 g/mol. The molecule has 0 atom stereocenters. The molecule has 0 heterocycles. The zero-order valence-electron chi connectivity index (χ0n) is 9.85. The summed E-state index contributed by atoms with van der Waals surface area (Å²) < 4.78 is 0. The van der Waals surface area contributed by atoms with Crippen LogP contribution in [0.15, 0.2) is 34.7 Å². The van der Waals surface area contributed by atoms with Crippen molar-refractivity contribution in [1.29, 1.82) is 5.26 Å². The van der Waals surface area contributed by atoms with Gasteiger partial charge < -0.3 is 10.0 Å². The summed E-state index contributed by atoms with van der Waals surface area (Å²) in [6.45, 7) is 0. The highest BCUT2D eigenvalue weighted by molar-refractivity contribution is 8.21. The number of aliphatic hydroxyl groups is 1. The lowest BCUT2D eigenvalue weighted by Gasteiger charge is -2.10. The molecule has 1 rings (SSSR count). The summed E-state index contributed by atoms with van der Waals surface area (Å²) in [5.41, 5.74) is 0.113. The molecule has 0 bridgehead atoms. The standard InChI is InChI=1S/C12H11ClN2O2S/c1-15(2)12(17)10(7-14)11(16)8-3-5-9(18-13)6-4-8/h3-6,16H,1-2H3. The molecule has 0 saturated heterocycles. The average Bonchev–Trinajstić information content (AvgIpc) is 2.39. The van der Waals surface area contributed by atoms with Crippen LogP contribution in [-0.2, 0) is 4.79 Å². The third kappa shape index (κ3) is 3.19. The van der Waals surface area contributed by atoms with E-state index >= 15 is 0 Å². The van der Waals surface area contributed by atoms with E-state index in [0.717, 1.165) is 15.9 Å². The number of benzene rings is 1. The first kappa shape index (κ1) is 14.4. The Bertz CT molecular complexity index is 518. The molecule has 0 spiro atoms. The lowest BCUT2D eigenvalue weighted by molar-refractivity contribution is -0.124. The fourth-order valence-electron chi connectivity index (χ4n) is 1.23. The van der Waals surface area contributed by atoms with E-state index in [-0.39, 0.29) is 11.3 Å². The van der Waals surface area contributed by atoms with E-state index in [0.29, 0.717) is 5.56 Å². The highest BCUT2D eigenvalue weighted by atomic mass is 35.7. The fraction of sp³-hybridized carbons (Fsp3) is 0.167. The minimum atomic E-state index is -0.536. The predicted octanol–water partition coefficient (Wildman–Crippen LogP) is 2.81. The van der Waals surface area contributed by atoms with Gasteiger partial charge in [0.1, 0.15) is 11.8 Å². The second-order valence-electron chi connectivity index (χ2n) is 3.64. The number of likely N-dealkylation sites (N-methyl/N-ethyl adjacent to an activating group) is 1. The summed E-state index contributed by atoms with van der Waals surface area (Å²) in [6, 6.07) is 8.30. The molecule has 1 N–H and O–H groups in total. The highest BCUT2D eigenvalue weighted by Crippen LogP contribution is 2.24. The normalized spacial score (nSPS) is 11.4. The molecule has 18 heavy (non-hydrogen) atoms. The largest absolute Gasteiger partial charge is 0.506 e. The Kier molecular flexibility index (Phi) is 5.08. The van der Waals surface area contributed by atoms with E-state index in [2.05, 4.69) is 0 Å². The summed E-state index contributed by atoms with van der Waals surface area (Å²) in [6.07, 6.45) is 0. The van der Waals surface area contributed by atoms with Gasteiger partial charge in [-0.1, -0.05) is 12.1 Å². The maximum absolute atomic E-state index is 11.7. The molecule has 94 valence electrons. The van der Waals surface area contributed by atoms with E-state index in [4.69, 9.17) is 15.9 Å². The van der Waals surface area contributed by atoms with Crippen LogP contribution in [0.1, 0.15) is 5.56 Å². The van der Waals surface area contributed by atoms with Gasteiger partial charge in [-0.3, -0.25) is 4.79 Å². The monoisotopic (exact) mass is 282 g/mol. The number of rotatable bonds is 3. The highest BCUT2D eigenvalue weighted by Gasteiger charge is 2.17. The molecule has 0 aliphatic heterocycles. The van der Waals surface area contributed by atoms with Crippen molar-refractivity contribution < 1.29 is 9.90 Å². The number of hydrogen-bond acceptors (Lipinski definition) is 4. The number of carbonyl (C=O) groups excluding carboxylic acids is 1. The van der Waals surface area contributed by atoms with Gasteiger partial charge in [-0.2, -0.15) is 5.26 Å². The maximum atomic E-state index is 11.7. The lowest BCUT2D eigenvalue weighted by Crippen LogP contribution is -2.23. The smallest absolute Gasteiger partial charge is 0.267 e. The van der Waals surface area contributed by atoms with Crippen LogP contribution < -0.4 is 0 Å². The van der Waals surface area contributed by atoms with Crippen LogP contribution in [0, 0.1) is 11.3 Å². The third-order valence-corrected chi connectivity index (χ3v) is 3.17. The zero-order valence-corrected chi connectivity index (χ0v) is 11.4. The van der Waals surface area contributed by atoms with Crippen molar-refractivity contribution in [2.24, 2.45) is 0 Å². The van der Waals surface area contributed by atoms with E-state index in [1.807, 2.05) is 0 Å². The molecule has 0 fully saturated rings. The summed E-state index contributed by atoms with van der Waals surface area (Å²) in [5, 5.41) is 18.9. The van der Waals surface area contributed by atoms with Crippen LogP contribution in [0.3, 0.4) is 0 Å². The Labute approximate surface area is 114 Å². The second kappa shape index (κ2) is 6.34. The Balaban J connectivity index is 3.19. The third-order valence-electron chi connectivity index (χ3n) is 2.19.